The molecule has 90 valence electrons. The standard InChI is InChI=1S/C15H15N3/c1-17(11-13-7-3-2-4-8-13)18-12-16-14-9-5-6-10-15(14)18/h2-10,12H,11H2,1H3. The van der Waals surface area contributed by atoms with Gasteiger partial charge in [0.25, 0.3) is 0 Å². The third kappa shape index (κ3) is 1.95. The lowest BCUT2D eigenvalue weighted by Crippen LogP contribution is -2.28. The first kappa shape index (κ1) is 10.8. The van der Waals surface area contributed by atoms with Crippen molar-refractivity contribution in [3.05, 3.63) is 66.5 Å². The average molecular weight is 237 g/mol. The molecule has 3 aromatic rings. The van der Waals surface area contributed by atoms with Gasteiger partial charge >= 0.3 is 0 Å². The number of nitrogens with zero attached hydrogens (tertiary/aromatic N) is 3. The fourth-order valence-corrected chi connectivity index (χ4v) is 2.14. The van der Waals surface area contributed by atoms with Crippen molar-refractivity contribution in [1.29, 1.82) is 0 Å². The minimum atomic E-state index is 0.862. The summed E-state index contributed by atoms with van der Waals surface area (Å²) in [5.74, 6) is 0. The second-order valence-corrected chi connectivity index (χ2v) is 4.38. The van der Waals surface area contributed by atoms with Gasteiger partial charge in [-0.25, -0.2) is 9.66 Å². The van der Waals surface area contributed by atoms with Gasteiger partial charge in [0, 0.05) is 7.05 Å². The fraction of sp³-hybridized carbons (Fsp3) is 0.133. The highest BCUT2D eigenvalue weighted by Gasteiger charge is 2.05. The first-order chi connectivity index (χ1) is 8.84. The van der Waals surface area contributed by atoms with E-state index in [4.69, 9.17) is 0 Å². The SMILES string of the molecule is CN(Cc1ccccc1)n1cnc2ccccc21. The van der Waals surface area contributed by atoms with Crippen LogP contribution in [0.25, 0.3) is 11.0 Å². The van der Waals surface area contributed by atoms with Crippen LogP contribution in [0.15, 0.2) is 60.9 Å². The highest BCUT2D eigenvalue weighted by atomic mass is 15.5. The normalized spacial score (nSPS) is 10.7. The molecule has 0 spiro atoms. The molecule has 1 heterocycles. The Bertz CT molecular complexity index is 643. The van der Waals surface area contributed by atoms with Crippen molar-refractivity contribution in [1.82, 2.24) is 9.66 Å². The maximum absolute atomic E-state index is 4.40. The van der Waals surface area contributed by atoms with Crippen LogP contribution >= 0.6 is 0 Å². The van der Waals surface area contributed by atoms with E-state index in [0.717, 1.165) is 17.6 Å². The Morgan fingerprint density at radius 3 is 2.56 bits per heavy atom. The van der Waals surface area contributed by atoms with Gasteiger partial charge in [0.15, 0.2) is 0 Å². The summed E-state index contributed by atoms with van der Waals surface area (Å²) in [6.07, 6.45) is 1.87. The summed E-state index contributed by atoms with van der Waals surface area (Å²) in [5, 5.41) is 2.16. The number of hydrogen-bond donors (Lipinski definition) is 0. The third-order valence-electron chi connectivity index (χ3n) is 3.06. The maximum Gasteiger partial charge on any atom is 0.116 e. The molecule has 3 heteroatoms. The summed E-state index contributed by atoms with van der Waals surface area (Å²) in [6.45, 7) is 0.862. The number of aromatic nitrogens is 2. The van der Waals surface area contributed by atoms with Gasteiger partial charge in [0.2, 0.25) is 0 Å². The van der Waals surface area contributed by atoms with Crippen LogP contribution in [0.3, 0.4) is 0 Å². The van der Waals surface area contributed by atoms with Crippen LogP contribution in [0.1, 0.15) is 5.56 Å². The molecule has 0 amide bonds. The van der Waals surface area contributed by atoms with Gasteiger partial charge in [-0.15, -0.1) is 0 Å². The van der Waals surface area contributed by atoms with E-state index in [-0.39, 0.29) is 0 Å². The second kappa shape index (κ2) is 4.53. The Balaban J connectivity index is 1.90. The van der Waals surface area contributed by atoms with Gasteiger partial charge < -0.3 is 5.01 Å². The Morgan fingerprint density at radius 2 is 1.72 bits per heavy atom. The molecule has 1 aromatic heterocycles. The molecule has 0 unspecified atom stereocenters. The first-order valence-electron chi connectivity index (χ1n) is 6.02. The van der Waals surface area contributed by atoms with Crippen LogP contribution in [0, 0.1) is 0 Å². The summed E-state index contributed by atoms with van der Waals surface area (Å²) in [6, 6.07) is 18.6. The highest BCUT2D eigenvalue weighted by Crippen LogP contribution is 2.13. The van der Waals surface area contributed by atoms with Crippen LogP contribution < -0.4 is 5.01 Å². The predicted octanol–water partition coefficient (Wildman–Crippen LogP) is 2.80. The fourth-order valence-electron chi connectivity index (χ4n) is 2.14. The van der Waals surface area contributed by atoms with E-state index in [1.54, 1.807) is 0 Å². The van der Waals surface area contributed by atoms with Gasteiger partial charge in [-0.05, 0) is 17.7 Å². The van der Waals surface area contributed by atoms with Crippen molar-refractivity contribution < 1.29 is 0 Å². The molecule has 18 heavy (non-hydrogen) atoms. The van der Waals surface area contributed by atoms with Gasteiger partial charge in [-0.3, -0.25) is 0 Å². The van der Waals surface area contributed by atoms with E-state index in [9.17, 15) is 0 Å². The minimum Gasteiger partial charge on any atom is -0.310 e. The van der Waals surface area contributed by atoms with E-state index >= 15 is 0 Å². The molecule has 0 bridgehead atoms. The molecule has 3 rings (SSSR count). The van der Waals surface area contributed by atoms with Crippen LogP contribution in [-0.2, 0) is 6.54 Å². The number of fused-ring (bicyclic) bond motifs is 1. The molecule has 0 atom stereocenters. The molecule has 0 aliphatic carbocycles. The largest absolute Gasteiger partial charge is 0.310 e. The lowest BCUT2D eigenvalue weighted by molar-refractivity contribution is 0.665. The van der Waals surface area contributed by atoms with Gasteiger partial charge in [0.1, 0.15) is 6.33 Å². The summed E-state index contributed by atoms with van der Waals surface area (Å²) in [7, 11) is 2.07. The van der Waals surface area contributed by atoms with Crippen LogP contribution in [0.5, 0.6) is 0 Å². The number of imidazole rings is 1. The topological polar surface area (TPSA) is 21.1 Å². The third-order valence-corrected chi connectivity index (χ3v) is 3.06. The average Bonchev–Trinajstić information content (AvgIpc) is 2.84. The summed E-state index contributed by atoms with van der Waals surface area (Å²) >= 11 is 0. The molecule has 0 radical (unpaired) electrons. The molecule has 0 aliphatic rings. The smallest absolute Gasteiger partial charge is 0.116 e. The Morgan fingerprint density at radius 1 is 1.00 bits per heavy atom. The quantitative estimate of drug-likeness (QED) is 0.698. The van der Waals surface area contributed by atoms with Crippen molar-refractivity contribution in [2.75, 3.05) is 12.1 Å². The predicted molar refractivity (Wildman–Crippen MR) is 74.0 cm³/mol. The van der Waals surface area contributed by atoms with Gasteiger partial charge in [-0.2, -0.15) is 0 Å². The maximum atomic E-state index is 4.40. The van der Waals surface area contributed by atoms with E-state index < -0.39 is 0 Å². The minimum absolute atomic E-state index is 0.862. The molecule has 2 aromatic carbocycles. The van der Waals surface area contributed by atoms with Crippen LogP contribution in [-0.4, -0.2) is 16.7 Å². The van der Waals surface area contributed by atoms with Crippen LogP contribution in [0.4, 0.5) is 0 Å². The summed E-state index contributed by atoms with van der Waals surface area (Å²) < 4.78 is 2.09. The van der Waals surface area contributed by atoms with E-state index in [1.165, 1.54) is 5.56 Å². The number of rotatable bonds is 3. The van der Waals surface area contributed by atoms with Crippen molar-refractivity contribution in [3.8, 4) is 0 Å². The summed E-state index contributed by atoms with van der Waals surface area (Å²) in [5.41, 5.74) is 3.45. The first-order valence-corrected chi connectivity index (χ1v) is 6.02. The zero-order valence-corrected chi connectivity index (χ0v) is 10.3. The second-order valence-electron chi connectivity index (χ2n) is 4.38. The summed E-state index contributed by atoms with van der Waals surface area (Å²) in [4.78, 5) is 4.40. The van der Waals surface area contributed by atoms with E-state index in [1.807, 2.05) is 30.6 Å². The molecule has 3 nitrogen and oxygen atoms in total. The van der Waals surface area contributed by atoms with Crippen molar-refractivity contribution >= 4 is 11.0 Å². The van der Waals surface area contributed by atoms with E-state index in [0.29, 0.717) is 0 Å². The molecule has 0 saturated carbocycles. The van der Waals surface area contributed by atoms with Crippen LogP contribution in [0.2, 0.25) is 0 Å². The Labute approximate surface area is 106 Å². The number of hydrogen-bond acceptors (Lipinski definition) is 2. The molecule has 0 fully saturated rings. The van der Waals surface area contributed by atoms with E-state index in [2.05, 4.69) is 52.0 Å². The Hall–Kier alpha value is -2.29. The molecule has 0 aliphatic heterocycles. The molecular weight excluding hydrogens is 222 g/mol. The molecule has 0 N–H and O–H groups in total. The van der Waals surface area contributed by atoms with Crippen molar-refractivity contribution in [2.24, 2.45) is 0 Å². The Kier molecular flexibility index (Phi) is 2.73. The van der Waals surface area contributed by atoms with Crippen molar-refractivity contribution in [2.45, 2.75) is 6.54 Å². The lowest BCUT2D eigenvalue weighted by atomic mass is 10.2. The zero-order valence-electron chi connectivity index (χ0n) is 10.3. The lowest BCUT2D eigenvalue weighted by Gasteiger charge is -2.21. The number of benzene rings is 2. The molecular formula is C15H15N3. The number of para-hydroxylation sites is 2. The monoisotopic (exact) mass is 237 g/mol. The van der Waals surface area contributed by atoms with Crippen molar-refractivity contribution in [3.63, 3.8) is 0 Å². The zero-order chi connectivity index (χ0) is 12.4. The van der Waals surface area contributed by atoms with Gasteiger partial charge in [0.05, 0.1) is 17.6 Å². The highest BCUT2D eigenvalue weighted by molar-refractivity contribution is 5.75. The molecule has 0 saturated heterocycles. The van der Waals surface area contributed by atoms with Gasteiger partial charge in [-0.1, -0.05) is 42.5 Å².